The van der Waals surface area contributed by atoms with Gasteiger partial charge in [-0.2, -0.15) is 5.10 Å². The summed E-state index contributed by atoms with van der Waals surface area (Å²) in [6.45, 7) is 3.07. The van der Waals surface area contributed by atoms with Crippen molar-refractivity contribution in [3.63, 3.8) is 0 Å². The summed E-state index contributed by atoms with van der Waals surface area (Å²) in [6.07, 6.45) is 4.44. The summed E-state index contributed by atoms with van der Waals surface area (Å²) in [7, 11) is 1.88. The van der Waals surface area contributed by atoms with Crippen molar-refractivity contribution >= 4 is 17.6 Å². The SMILES string of the molecule is CCCNc1cc(Sc2ncnn2C)ccn1. The molecule has 0 aliphatic rings. The first-order valence-electron chi connectivity index (χ1n) is 5.51. The van der Waals surface area contributed by atoms with Crippen LogP contribution in [0, 0.1) is 0 Å². The summed E-state index contributed by atoms with van der Waals surface area (Å²) in [6, 6.07) is 3.99. The van der Waals surface area contributed by atoms with Crippen molar-refractivity contribution in [1.82, 2.24) is 19.7 Å². The Kier molecular flexibility index (Phi) is 3.98. The van der Waals surface area contributed by atoms with Crippen LogP contribution in [0.15, 0.2) is 34.7 Å². The largest absolute Gasteiger partial charge is 0.370 e. The quantitative estimate of drug-likeness (QED) is 0.880. The average Bonchev–Trinajstić information content (AvgIpc) is 2.73. The molecule has 0 saturated carbocycles. The Labute approximate surface area is 105 Å². The van der Waals surface area contributed by atoms with Gasteiger partial charge in [0, 0.05) is 24.7 Å². The van der Waals surface area contributed by atoms with Gasteiger partial charge in [-0.05, 0) is 30.3 Å². The molecule has 2 rings (SSSR count). The lowest BCUT2D eigenvalue weighted by Gasteiger charge is -2.05. The van der Waals surface area contributed by atoms with E-state index in [9.17, 15) is 0 Å². The highest BCUT2D eigenvalue weighted by Gasteiger charge is 2.04. The highest BCUT2D eigenvalue weighted by Crippen LogP contribution is 2.26. The van der Waals surface area contributed by atoms with E-state index in [1.807, 2.05) is 19.2 Å². The van der Waals surface area contributed by atoms with Gasteiger partial charge in [0.1, 0.15) is 12.1 Å². The molecule has 0 radical (unpaired) electrons. The Morgan fingerprint density at radius 3 is 3.00 bits per heavy atom. The van der Waals surface area contributed by atoms with Crippen LogP contribution in [0.3, 0.4) is 0 Å². The predicted molar refractivity (Wildman–Crippen MR) is 68.1 cm³/mol. The molecule has 17 heavy (non-hydrogen) atoms. The molecule has 2 aromatic rings. The molecule has 0 atom stereocenters. The lowest BCUT2D eigenvalue weighted by atomic mass is 10.4. The van der Waals surface area contributed by atoms with Crippen LogP contribution in [-0.4, -0.2) is 26.3 Å². The molecule has 0 saturated heterocycles. The molecule has 2 heterocycles. The van der Waals surface area contributed by atoms with Crippen LogP contribution in [0.2, 0.25) is 0 Å². The topological polar surface area (TPSA) is 55.6 Å². The second-order valence-electron chi connectivity index (χ2n) is 3.57. The number of nitrogens with one attached hydrogen (secondary N) is 1. The van der Waals surface area contributed by atoms with E-state index in [-0.39, 0.29) is 0 Å². The number of hydrogen-bond acceptors (Lipinski definition) is 5. The van der Waals surface area contributed by atoms with Gasteiger partial charge in [-0.15, -0.1) is 0 Å². The highest BCUT2D eigenvalue weighted by atomic mass is 32.2. The van der Waals surface area contributed by atoms with Gasteiger partial charge in [-0.3, -0.25) is 0 Å². The molecule has 90 valence electrons. The molecule has 0 unspecified atom stereocenters. The maximum absolute atomic E-state index is 4.26. The van der Waals surface area contributed by atoms with Gasteiger partial charge in [0.15, 0.2) is 5.16 Å². The van der Waals surface area contributed by atoms with E-state index in [4.69, 9.17) is 0 Å². The van der Waals surface area contributed by atoms with Crippen molar-refractivity contribution in [1.29, 1.82) is 0 Å². The Bertz CT molecular complexity index is 482. The van der Waals surface area contributed by atoms with Gasteiger partial charge in [-0.1, -0.05) is 6.92 Å². The monoisotopic (exact) mass is 249 g/mol. The highest BCUT2D eigenvalue weighted by molar-refractivity contribution is 7.99. The Hall–Kier alpha value is -1.56. The first-order valence-corrected chi connectivity index (χ1v) is 6.33. The summed E-state index contributed by atoms with van der Waals surface area (Å²) in [4.78, 5) is 9.54. The second-order valence-corrected chi connectivity index (χ2v) is 4.61. The summed E-state index contributed by atoms with van der Waals surface area (Å²) in [5.41, 5.74) is 0. The molecule has 0 aliphatic heterocycles. The number of rotatable bonds is 5. The summed E-state index contributed by atoms with van der Waals surface area (Å²) < 4.78 is 1.75. The Morgan fingerprint density at radius 2 is 2.29 bits per heavy atom. The third-order valence-electron chi connectivity index (χ3n) is 2.17. The molecular formula is C11H15N5S. The van der Waals surface area contributed by atoms with E-state index in [0.29, 0.717) is 0 Å². The summed E-state index contributed by atoms with van der Waals surface area (Å²) >= 11 is 1.58. The summed E-state index contributed by atoms with van der Waals surface area (Å²) in [5.74, 6) is 0.902. The lowest BCUT2D eigenvalue weighted by molar-refractivity contribution is 0.685. The predicted octanol–water partition coefficient (Wildman–Crippen LogP) is 2.18. The van der Waals surface area contributed by atoms with E-state index < -0.39 is 0 Å². The normalized spacial score (nSPS) is 10.5. The molecule has 0 amide bonds. The minimum atomic E-state index is 0.873. The second kappa shape index (κ2) is 5.67. The smallest absolute Gasteiger partial charge is 0.190 e. The minimum Gasteiger partial charge on any atom is -0.370 e. The number of nitrogens with zero attached hydrogens (tertiary/aromatic N) is 4. The lowest BCUT2D eigenvalue weighted by Crippen LogP contribution is -2.01. The zero-order chi connectivity index (χ0) is 12.1. The fourth-order valence-electron chi connectivity index (χ4n) is 1.31. The fourth-order valence-corrected chi connectivity index (χ4v) is 2.10. The van der Waals surface area contributed by atoms with Crippen molar-refractivity contribution < 1.29 is 0 Å². The van der Waals surface area contributed by atoms with Crippen LogP contribution in [0.5, 0.6) is 0 Å². The number of aryl methyl sites for hydroxylation is 1. The first kappa shape index (κ1) is 11.9. The van der Waals surface area contributed by atoms with Crippen molar-refractivity contribution in [2.24, 2.45) is 7.05 Å². The standard InChI is InChI=1S/C11H15N5S/c1-3-5-12-10-7-9(4-6-13-10)17-11-14-8-15-16(11)2/h4,6-8H,3,5H2,1-2H3,(H,12,13). The van der Waals surface area contributed by atoms with E-state index in [1.54, 1.807) is 29.0 Å². The van der Waals surface area contributed by atoms with Crippen molar-refractivity contribution in [3.05, 3.63) is 24.7 Å². The number of hydrogen-bond donors (Lipinski definition) is 1. The summed E-state index contributed by atoms with van der Waals surface area (Å²) in [5, 5.41) is 8.17. The molecule has 6 heteroatoms. The van der Waals surface area contributed by atoms with E-state index >= 15 is 0 Å². The Balaban J connectivity index is 2.08. The Morgan fingerprint density at radius 1 is 1.41 bits per heavy atom. The van der Waals surface area contributed by atoms with Crippen molar-refractivity contribution in [2.75, 3.05) is 11.9 Å². The van der Waals surface area contributed by atoms with E-state index in [2.05, 4.69) is 27.3 Å². The van der Waals surface area contributed by atoms with Gasteiger partial charge >= 0.3 is 0 Å². The maximum atomic E-state index is 4.26. The zero-order valence-electron chi connectivity index (χ0n) is 9.92. The molecular weight excluding hydrogens is 234 g/mol. The van der Waals surface area contributed by atoms with Crippen LogP contribution in [0.4, 0.5) is 5.82 Å². The fraction of sp³-hybridized carbons (Fsp3) is 0.364. The number of aromatic nitrogens is 4. The first-order chi connectivity index (χ1) is 8.29. The van der Waals surface area contributed by atoms with Gasteiger partial charge in [0.2, 0.25) is 0 Å². The zero-order valence-corrected chi connectivity index (χ0v) is 10.7. The van der Waals surface area contributed by atoms with Crippen LogP contribution in [0.25, 0.3) is 0 Å². The number of anilines is 1. The molecule has 1 N–H and O–H groups in total. The van der Waals surface area contributed by atoms with E-state index in [1.165, 1.54) is 0 Å². The molecule has 0 aliphatic carbocycles. The van der Waals surface area contributed by atoms with Crippen LogP contribution < -0.4 is 5.32 Å². The number of pyridine rings is 1. The van der Waals surface area contributed by atoms with Crippen LogP contribution in [0.1, 0.15) is 13.3 Å². The molecule has 0 fully saturated rings. The van der Waals surface area contributed by atoms with Crippen LogP contribution >= 0.6 is 11.8 Å². The molecule has 5 nitrogen and oxygen atoms in total. The van der Waals surface area contributed by atoms with Gasteiger partial charge in [0.25, 0.3) is 0 Å². The molecule has 0 bridgehead atoms. The van der Waals surface area contributed by atoms with Gasteiger partial charge < -0.3 is 5.32 Å². The van der Waals surface area contributed by atoms with E-state index in [0.717, 1.165) is 28.8 Å². The van der Waals surface area contributed by atoms with Crippen molar-refractivity contribution in [2.45, 2.75) is 23.4 Å². The minimum absolute atomic E-state index is 0.873. The molecule has 2 aromatic heterocycles. The third-order valence-corrected chi connectivity index (χ3v) is 3.21. The van der Waals surface area contributed by atoms with Gasteiger partial charge in [-0.25, -0.2) is 14.6 Å². The van der Waals surface area contributed by atoms with Gasteiger partial charge in [0.05, 0.1) is 0 Å². The van der Waals surface area contributed by atoms with Crippen LogP contribution in [-0.2, 0) is 7.05 Å². The third kappa shape index (κ3) is 3.20. The molecule has 0 aromatic carbocycles. The van der Waals surface area contributed by atoms with Crippen molar-refractivity contribution in [3.8, 4) is 0 Å². The average molecular weight is 249 g/mol. The maximum Gasteiger partial charge on any atom is 0.190 e. The molecule has 0 spiro atoms.